The smallest absolute Gasteiger partial charge is 0.334 e. The predicted molar refractivity (Wildman–Crippen MR) is 68.0 cm³/mol. The third-order valence-electron chi connectivity index (χ3n) is 4.58. The van der Waals surface area contributed by atoms with Crippen LogP contribution in [0.25, 0.3) is 0 Å². The second kappa shape index (κ2) is 3.95. The van der Waals surface area contributed by atoms with Crippen molar-refractivity contribution in [3.05, 3.63) is 23.8 Å². The topological polar surface area (TPSA) is 38.8 Å². The number of carbonyl (C=O) groups is 1. The highest BCUT2D eigenvalue weighted by Crippen LogP contribution is 2.48. The molecule has 3 rings (SSSR count). The van der Waals surface area contributed by atoms with E-state index < -0.39 is 0 Å². The summed E-state index contributed by atoms with van der Waals surface area (Å²) in [6.45, 7) is 8.17. The van der Waals surface area contributed by atoms with Gasteiger partial charge >= 0.3 is 5.97 Å². The second-order valence-electron chi connectivity index (χ2n) is 6.02. The Balaban J connectivity index is 1.86. The standard InChI is InChI=1S/C15H20O3/c1-9-5-4-6-15(3)13(18-15)8-11-10(2)14(16)17-12(11)7-9/h5,11-13H,2,4,6-8H2,1,3H3/b9-5+/t11-,12+,13-,15-/m1/s1. The van der Waals surface area contributed by atoms with Gasteiger partial charge in [0.05, 0.1) is 11.7 Å². The summed E-state index contributed by atoms with van der Waals surface area (Å²) in [6.07, 6.45) is 6.30. The lowest BCUT2D eigenvalue weighted by atomic mass is 9.84. The van der Waals surface area contributed by atoms with Crippen LogP contribution in [0, 0.1) is 5.92 Å². The molecule has 4 atom stereocenters. The van der Waals surface area contributed by atoms with E-state index in [9.17, 15) is 4.79 Å². The molecule has 0 bridgehead atoms. The van der Waals surface area contributed by atoms with Crippen LogP contribution in [0.1, 0.15) is 39.5 Å². The maximum absolute atomic E-state index is 11.7. The molecule has 1 aliphatic carbocycles. The van der Waals surface area contributed by atoms with E-state index in [1.165, 1.54) is 5.57 Å². The van der Waals surface area contributed by atoms with Gasteiger partial charge in [-0.3, -0.25) is 0 Å². The predicted octanol–water partition coefficient (Wildman–Crippen LogP) is 2.76. The summed E-state index contributed by atoms with van der Waals surface area (Å²) in [6, 6.07) is 0. The summed E-state index contributed by atoms with van der Waals surface area (Å²) in [5, 5.41) is 0. The highest BCUT2D eigenvalue weighted by Gasteiger charge is 2.54. The van der Waals surface area contributed by atoms with Gasteiger partial charge < -0.3 is 9.47 Å². The van der Waals surface area contributed by atoms with Crippen LogP contribution in [-0.4, -0.2) is 23.8 Å². The van der Waals surface area contributed by atoms with Gasteiger partial charge in [-0.15, -0.1) is 0 Å². The molecule has 3 aliphatic rings. The van der Waals surface area contributed by atoms with Crippen LogP contribution in [0.5, 0.6) is 0 Å². The average molecular weight is 248 g/mol. The molecule has 0 aromatic carbocycles. The maximum Gasteiger partial charge on any atom is 0.334 e. The largest absolute Gasteiger partial charge is 0.458 e. The molecule has 98 valence electrons. The van der Waals surface area contributed by atoms with Crippen molar-refractivity contribution in [2.24, 2.45) is 5.92 Å². The van der Waals surface area contributed by atoms with Crippen molar-refractivity contribution >= 4 is 5.97 Å². The molecule has 0 N–H and O–H groups in total. The Hall–Kier alpha value is -1.09. The minimum Gasteiger partial charge on any atom is -0.458 e. The fourth-order valence-electron chi connectivity index (χ4n) is 3.19. The van der Waals surface area contributed by atoms with E-state index in [-0.39, 0.29) is 29.7 Å². The van der Waals surface area contributed by atoms with Gasteiger partial charge in [0.2, 0.25) is 0 Å². The lowest BCUT2D eigenvalue weighted by Gasteiger charge is -2.19. The zero-order chi connectivity index (χ0) is 12.9. The Kier molecular flexibility index (Phi) is 2.63. The average Bonchev–Trinajstić information content (AvgIpc) is 2.86. The Morgan fingerprint density at radius 3 is 3.06 bits per heavy atom. The molecule has 0 spiro atoms. The first kappa shape index (κ1) is 12.0. The van der Waals surface area contributed by atoms with Gasteiger partial charge in [-0.05, 0) is 33.1 Å². The summed E-state index contributed by atoms with van der Waals surface area (Å²) in [5.41, 5.74) is 1.94. The van der Waals surface area contributed by atoms with Gasteiger partial charge in [0.1, 0.15) is 6.10 Å². The van der Waals surface area contributed by atoms with Crippen LogP contribution >= 0.6 is 0 Å². The Bertz CT molecular complexity index is 437. The second-order valence-corrected chi connectivity index (χ2v) is 6.02. The number of hydrogen-bond donors (Lipinski definition) is 0. The summed E-state index contributed by atoms with van der Waals surface area (Å²) < 4.78 is 11.3. The van der Waals surface area contributed by atoms with E-state index in [1.54, 1.807) is 0 Å². The van der Waals surface area contributed by atoms with Crippen molar-refractivity contribution in [3.8, 4) is 0 Å². The van der Waals surface area contributed by atoms with Crippen molar-refractivity contribution in [1.29, 1.82) is 0 Å². The van der Waals surface area contributed by atoms with E-state index in [0.717, 1.165) is 25.7 Å². The van der Waals surface area contributed by atoms with Gasteiger partial charge in [0.25, 0.3) is 0 Å². The van der Waals surface area contributed by atoms with Gasteiger partial charge in [0.15, 0.2) is 0 Å². The number of ether oxygens (including phenoxy) is 2. The van der Waals surface area contributed by atoms with Crippen LogP contribution < -0.4 is 0 Å². The van der Waals surface area contributed by atoms with E-state index in [0.29, 0.717) is 5.57 Å². The number of esters is 1. The molecule has 2 aliphatic heterocycles. The molecule has 18 heavy (non-hydrogen) atoms. The van der Waals surface area contributed by atoms with Gasteiger partial charge in [-0.1, -0.05) is 18.2 Å². The lowest BCUT2D eigenvalue weighted by Crippen LogP contribution is -2.22. The number of fused-ring (bicyclic) bond motifs is 2. The minimum atomic E-state index is -0.223. The number of rotatable bonds is 0. The zero-order valence-electron chi connectivity index (χ0n) is 11.1. The Morgan fingerprint density at radius 1 is 1.50 bits per heavy atom. The monoisotopic (exact) mass is 248 g/mol. The normalized spacial score (nSPS) is 46.6. The van der Waals surface area contributed by atoms with Crippen molar-refractivity contribution in [1.82, 2.24) is 0 Å². The molecule has 0 aromatic rings. The molecular formula is C15H20O3. The number of carbonyl (C=O) groups excluding carboxylic acids is 1. The molecule has 2 heterocycles. The Labute approximate surface area is 108 Å². The highest BCUT2D eigenvalue weighted by molar-refractivity contribution is 5.90. The molecule has 0 aromatic heterocycles. The maximum atomic E-state index is 11.7. The first-order valence-corrected chi connectivity index (χ1v) is 6.73. The van der Waals surface area contributed by atoms with Crippen molar-refractivity contribution in [2.45, 2.75) is 57.3 Å². The quantitative estimate of drug-likeness (QED) is 0.286. The van der Waals surface area contributed by atoms with E-state index in [2.05, 4.69) is 26.5 Å². The Morgan fingerprint density at radius 2 is 2.28 bits per heavy atom. The van der Waals surface area contributed by atoms with Crippen LogP contribution in [0.4, 0.5) is 0 Å². The number of allylic oxidation sites excluding steroid dienone is 1. The molecule has 0 amide bonds. The number of hydrogen-bond acceptors (Lipinski definition) is 3. The van der Waals surface area contributed by atoms with Gasteiger partial charge in [-0.25, -0.2) is 4.79 Å². The molecular weight excluding hydrogens is 228 g/mol. The molecule has 0 saturated carbocycles. The molecule has 0 unspecified atom stereocenters. The molecule has 2 fully saturated rings. The fourth-order valence-corrected chi connectivity index (χ4v) is 3.19. The minimum absolute atomic E-state index is 0.00455. The van der Waals surface area contributed by atoms with Crippen molar-refractivity contribution in [3.63, 3.8) is 0 Å². The van der Waals surface area contributed by atoms with Gasteiger partial charge in [0, 0.05) is 17.9 Å². The zero-order valence-corrected chi connectivity index (χ0v) is 11.1. The summed E-state index contributed by atoms with van der Waals surface area (Å²) in [5.74, 6) is -0.0924. The van der Waals surface area contributed by atoms with Crippen molar-refractivity contribution < 1.29 is 14.3 Å². The van der Waals surface area contributed by atoms with Crippen LogP contribution in [0.3, 0.4) is 0 Å². The molecule has 2 saturated heterocycles. The summed E-state index contributed by atoms with van der Waals surface area (Å²) in [7, 11) is 0. The molecule has 3 nitrogen and oxygen atoms in total. The van der Waals surface area contributed by atoms with E-state index in [4.69, 9.17) is 9.47 Å². The van der Waals surface area contributed by atoms with E-state index in [1.807, 2.05) is 0 Å². The van der Waals surface area contributed by atoms with Crippen molar-refractivity contribution in [2.75, 3.05) is 0 Å². The first-order valence-electron chi connectivity index (χ1n) is 6.73. The van der Waals surface area contributed by atoms with Gasteiger partial charge in [-0.2, -0.15) is 0 Å². The summed E-state index contributed by atoms with van der Waals surface area (Å²) >= 11 is 0. The first-order chi connectivity index (χ1) is 8.49. The van der Waals surface area contributed by atoms with Crippen LogP contribution in [-0.2, 0) is 14.3 Å². The van der Waals surface area contributed by atoms with E-state index >= 15 is 0 Å². The third-order valence-corrected chi connectivity index (χ3v) is 4.58. The molecule has 0 radical (unpaired) electrons. The van der Waals surface area contributed by atoms with Crippen LogP contribution in [0.2, 0.25) is 0 Å². The van der Waals surface area contributed by atoms with Crippen LogP contribution in [0.15, 0.2) is 23.8 Å². The SMILES string of the molecule is C=C1C(=O)O[C@H]2C/C(C)=C/CC[C@@]3(C)O[C@@H]3C[C@H]12. The fraction of sp³-hybridized carbons (Fsp3) is 0.667. The third kappa shape index (κ3) is 1.91. The summed E-state index contributed by atoms with van der Waals surface area (Å²) in [4.78, 5) is 11.7. The molecule has 3 heteroatoms. The lowest BCUT2D eigenvalue weighted by molar-refractivity contribution is -0.139. The highest BCUT2D eigenvalue weighted by atomic mass is 16.6. The number of epoxide rings is 1.